The third kappa shape index (κ3) is 4.43. The molecular weight excluding hydrogens is 384 g/mol. The van der Waals surface area contributed by atoms with E-state index in [0.29, 0.717) is 32.7 Å². The summed E-state index contributed by atoms with van der Waals surface area (Å²) in [5.74, 6) is 1.56. The van der Waals surface area contributed by atoms with Crippen molar-refractivity contribution in [2.75, 3.05) is 19.8 Å². The minimum absolute atomic E-state index is 0.0580. The van der Waals surface area contributed by atoms with E-state index in [1.807, 2.05) is 35.4 Å². The van der Waals surface area contributed by atoms with Crippen molar-refractivity contribution in [3.63, 3.8) is 0 Å². The first kappa shape index (κ1) is 19.5. The molecule has 0 saturated carbocycles. The number of benzene rings is 2. The molecule has 1 amide bonds. The van der Waals surface area contributed by atoms with Gasteiger partial charge in [0.25, 0.3) is 0 Å². The number of carbonyl (C=O) groups is 1. The van der Waals surface area contributed by atoms with E-state index in [4.69, 9.17) is 9.47 Å². The fraction of sp³-hybridized carbons (Fsp3) is 0.304. The first-order chi connectivity index (χ1) is 14.1. The molecule has 5 nitrogen and oxygen atoms in total. The van der Waals surface area contributed by atoms with Crippen LogP contribution in [0, 0.1) is 6.92 Å². The lowest BCUT2D eigenvalue weighted by molar-refractivity contribution is -0.130. The lowest BCUT2D eigenvalue weighted by Crippen LogP contribution is -2.32. The predicted octanol–water partition coefficient (Wildman–Crippen LogP) is 4.48. The van der Waals surface area contributed by atoms with Crippen LogP contribution in [0.1, 0.15) is 23.7 Å². The highest BCUT2D eigenvalue weighted by molar-refractivity contribution is 7.13. The van der Waals surface area contributed by atoms with Gasteiger partial charge in [0.1, 0.15) is 18.2 Å². The quantitative estimate of drug-likeness (QED) is 0.603. The minimum Gasteiger partial charge on any atom is -0.486 e. The fourth-order valence-electron chi connectivity index (χ4n) is 3.32. The first-order valence-electron chi connectivity index (χ1n) is 9.80. The second-order valence-electron chi connectivity index (χ2n) is 7.04. The van der Waals surface area contributed by atoms with Crippen LogP contribution in [0.5, 0.6) is 11.5 Å². The Kier molecular flexibility index (Phi) is 5.81. The molecule has 6 heteroatoms. The summed E-state index contributed by atoms with van der Waals surface area (Å²) >= 11 is 1.57. The van der Waals surface area contributed by atoms with Crippen molar-refractivity contribution in [2.24, 2.45) is 0 Å². The van der Waals surface area contributed by atoms with Crippen LogP contribution in [0.3, 0.4) is 0 Å². The van der Waals surface area contributed by atoms with Gasteiger partial charge in [-0.1, -0.05) is 42.0 Å². The van der Waals surface area contributed by atoms with Gasteiger partial charge >= 0.3 is 0 Å². The summed E-state index contributed by atoms with van der Waals surface area (Å²) in [4.78, 5) is 19.4. The van der Waals surface area contributed by atoms with Crippen LogP contribution in [-0.4, -0.2) is 35.5 Å². The van der Waals surface area contributed by atoms with Crippen LogP contribution >= 0.6 is 11.3 Å². The van der Waals surface area contributed by atoms with Gasteiger partial charge in [-0.2, -0.15) is 0 Å². The smallest absolute Gasteiger partial charge is 0.228 e. The number of fused-ring (bicyclic) bond motifs is 1. The molecule has 2 heterocycles. The van der Waals surface area contributed by atoms with E-state index in [-0.39, 0.29) is 5.91 Å². The van der Waals surface area contributed by atoms with Crippen molar-refractivity contribution in [1.29, 1.82) is 0 Å². The van der Waals surface area contributed by atoms with Gasteiger partial charge in [-0.15, -0.1) is 11.3 Å². The zero-order valence-corrected chi connectivity index (χ0v) is 17.5. The summed E-state index contributed by atoms with van der Waals surface area (Å²) in [6.07, 6.45) is 0.294. The van der Waals surface area contributed by atoms with Crippen LogP contribution in [-0.2, 0) is 17.8 Å². The van der Waals surface area contributed by atoms with Gasteiger partial charge in [-0.05, 0) is 19.9 Å². The molecular formula is C23H24N2O3S. The number of ether oxygens (including phenoxy) is 2. The third-order valence-corrected chi connectivity index (χ3v) is 5.87. The molecule has 0 fully saturated rings. The lowest BCUT2D eigenvalue weighted by atomic mass is 10.1. The van der Waals surface area contributed by atoms with Crippen LogP contribution in [0.15, 0.2) is 47.8 Å². The molecule has 1 aliphatic heterocycles. The molecule has 2 aromatic carbocycles. The van der Waals surface area contributed by atoms with E-state index in [2.05, 4.69) is 36.2 Å². The molecule has 1 aromatic heterocycles. The molecule has 0 saturated heterocycles. The van der Waals surface area contributed by atoms with Crippen LogP contribution in [0.25, 0.3) is 10.6 Å². The van der Waals surface area contributed by atoms with Crippen LogP contribution in [0.2, 0.25) is 0 Å². The second kappa shape index (κ2) is 8.66. The molecule has 29 heavy (non-hydrogen) atoms. The van der Waals surface area contributed by atoms with Crippen LogP contribution in [0.4, 0.5) is 0 Å². The molecule has 0 N–H and O–H groups in total. The van der Waals surface area contributed by atoms with Gasteiger partial charge in [0.05, 0.1) is 12.1 Å². The Morgan fingerprint density at radius 2 is 1.93 bits per heavy atom. The molecule has 1 aliphatic rings. The van der Waals surface area contributed by atoms with E-state index in [0.717, 1.165) is 33.3 Å². The van der Waals surface area contributed by atoms with Crippen molar-refractivity contribution in [1.82, 2.24) is 9.88 Å². The highest BCUT2D eigenvalue weighted by Gasteiger charge is 2.20. The summed E-state index contributed by atoms with van der Waals surface area (Å²) in [6.45, 7) is 6.26. The maximum atomic E-state index is 12.9. The number of aromatic nitrogens is 1. The topological polar surface area (TPSA) is 51.7 Å². The van der Waals surface area contributed by atoms with E-state index in [1.165, 1.54) is 5.56 Å². The number of nitrogens with zero attached hydrogens (tertiary/aromatic N) is 2. The molecule has 0 bridgehead atoms. The lowest BCUT2D eigenvalue weighted by Gasteiger charge is -2.25. The number of rotatable bonds is 6. The number of amides is 1. The van der Waals surface area contributed by atoms with E-state index < -0.39 is 0 Å². The summed E-state index contributed by atoms with van der Waals surface area (Å²) in [5, 5.41) is 2.92. The van der Waals surface area contributed by atoms with Crippen molar-refractivity contribution in [3.8, 4) is 22.1 Å². The van der Waals surface area contributed by atoms with Crippen molar-refractivity contribution >= 4 is 17.2 Å². The summed E-state index contributed by atoms with van der Waals surface area (Å²) < 4.78 is 11.4. The zero-order chi connectivity index (χ0) is 20.2. The Balaban J connectivity index is 1.45. The molecule has 4 rings (SSSR count). The number of para-hydroxylation sites is 1. The van der Waals surface area contributed by atoms with Crippen molar-refractivity contribution in [2.45, 2.75) is 26.8 Å². The van der Waals surface area contributed by atoms with Crippen molar-refractivity contribution < 1.29 is 14.3 Å². The predicted molar refractivity (Wildman–Crippen MR) is 115 cm³/mol. The Hall–Kier alpha value is -2.86. The Morgan fingerprint density at radius 1 is 1.14 bits per heavy atom. The minimum atomic E-state index is 0.0580. The normalized spacial score (nSPS) is 12.6. The maximum absolute atomic E-state index is 12.9. The molecule has 0 unspecified atom stereocenters. The highest BCUT2D eigenvalue weighted by atomic mass is 32.1. The van der Waals surface area contributed by atoms with Crippen LogP contribution < -0.4 is 9.47 Å². The molecule has 0 radical (unpaired) electrons. The summed E-state index contributed by atoms with van der Waals surface area (Å²) in [6, 6.07) is 14.1. The largest absolute Gasteiger partial charge is 0.486 e. The monoisotopic (exact) mass is 408 g/mol. The van der Waals surface area contributed by atoms with Gasteiger partial charge in [0.15, 0.2) is 11.5 Å². The van der Waals surface area contributed by atoms with Gasteiger partial charge in [-0.3, -0.25) is 4.79 Å². The third-order valence-electron chi connectivity index (χ3n) is 4.93. The van der Waals surface area contributed by atoms with E-state index in [1.54, 1.807) is 11.3 Å². The standard InChI is InChI=1S/C23H24N2O3S/c1-3-25(14-18-5-4-6-20-22(18)28-12-11-27-20)21(26)13-19-15-29-23(24-19)17-9-7-16(2)8-10-17/h4-10,15H,3,11-14H2,1-2H3. The number of thiazole rings is 1. The van der Waals surface area contributed by atoms with Gasteiger partial charge in [-0.25, -0.2) is 4.98 Å². The Morgan fingerprint density at radius 3 is 2.72 bits per heavy atom. The fourth-order valence-corrected chi connectivity index (χ4v) is 4.15. The average Bonchev–Trinajstić information content (AvgIpc) is 3.21. The number of aryl methyl sites for hydroxylation is 1. The maximum Gasteiger partial charge on any atom is 0.228 e. The van der Waals surface area contributed by atoms with Crippen molar-refractivity contribution in [3.05, 3.63) is 64.7 Å². The molecule has 150 valence electrons. The highest BCUT2D eigenvalue weighted by Crippen LogP contribution is 2.34. The summed E-state index contributed by atoms with van der Waals surface area (Å²) in [5.41, 5.74) is 4.08. The Bertz CT molecular complexity index is 998. The average molecular weight is 409 g/mol. The summed E-state index contributed by atoms with van der Waals surface area (Å²) in [7, 11) is 0. The number of carbonyl (C=O) groups excluding carboxylic acids is 1. The van der Waals surface area contributed by atoms with Gasteiger partial charge < -0.3 is 14.4 Å². The van der Waals surface area contributed by atoms with Gasteiger partial charge in [0, 0.05) is 29.6 Å². The SMILES string of the molecule is CCN(Cc1cccc2c1OCCO2)C(=O)Cc1csc(-c2ccc(C)cc2)n1. The van der Waals surface area contributed by atoms with E-state index in [9.17, 15) is 4.79 Å². The Labute approximate surface area is 174 Å². The molecule has 0 spiro atoms. The molecule has 3 aromatic rings. The number of hydrogen-bond donors (Lipinski definition) is 0. The number of likely N-dealkylation sites (N-methyl/N-ethyl adjacent to an activating group) is 1. The first-order valence-corrected chi connectivity index (χ1v) is 10.7. The second-order valence-corrected chi connectivity index (χ2v) is 7.89. The molecule has 0 aliphatic carbocycles. The van der Waals surface area contributed by atoms with Gasteiger partial charge in [0.2, 0.25) is 5.91 Å². The van der Waals surface area contributed by atoms with E-state index >= 15 is 0 Å². The zero-order valence-electron chi connectivity index (χ0n) is 16.7. The number of hydrogen-bond acceptors (Lipinski definition) is 5. The molecule has 0 atom stereocenters.